The van der Waals surface area contributed by atoms with Gasteiger partial charge in [0, 0.05) is 11.6 Å². The second-order valence-corrected chi connectivity index (χ2v) is 5.59. The zero-order chi connectivity index (χ0) is 15.3. The van der Waals surface area contributed by atoms with E-state index in [0.29, 0.717) is 22.0 Å². The van der Waals surface area contributed by atoms with Crippen LogP contribution in [0.2, 0.25) is 0 Å². The van der Waals surface area contributed by atoms with Gasteiger partial charge in [-0.15, -0.1) is 0 Å². The lowest BCUT2D eigenvalue weighted by Crippen LogP contribution is -2.46. The van der Waals surface area contributed by atoms with Crippen LogP contribution >= 0.6 is 0 Å². The van der Waals surface area contributed by atoms with Gasteiger partial charge in [0.2, 0.25) is 0 Å². The van der Waals surface area contributed by atoms with E-state index in [0.717, 1.165) is 0 Å². The van der Waals surface area contributed by atoms with Gasteiger partial charge in [0.15, 0.2) is 0 Å². The predicted molar refractivity (Wildman–Crippen MR) is 78.4 cm³/mol. The van der Waals surface area contributed by atoms with Crippen molar-refractivity contribution in [1.29, 1.82) is 0 Å². The topological polar surface area (TPSA) is 45.2 Å². The summed E-state index contributed by atoms with van der Waals surface area (Å²) >= 11 is 0. The highest BCUT2D eigenvalue weighted by molar-refractivity contribution is 5.86. The Morgan fingerprint density at radius 2 is 1.82 bits per heavy atom. The molecule has 0 bridgehead atoms. The normalized spacial score (nSPS) is 16.7. The second kappa shape index (κ2) is 4.63. The van der Waals surface area contributed by atoms with Crippen molar-refractivity contribution in [2.24, 2.45) is 0 Å². The molecule has 1 fully saturated rings. The quantitative estimate of drug-likeness (QED) is 0.762. The minimum atomic E-state index is -0.986. The first-order valence-corrected chi connectivity index (χ1v) is 6.95. The van der Waals surface area contributed by atoms with Crippen LogP contribution in [0.15, 0.2) is 42.6 Å². The fourth-order valence-electron chi connectivity index (χ4n) is 2.81. The van der Waals surface area contributed by atoms with Gasteiger partial charge in [0.1, 0.15) is 17.2 Å². The van der Waals surface area contributed by atoms with E-state index in [4.69, 9.17) is 4.74 Å². The van der Waals surface area contributed by atoms with Gasteiger partial charge in [0.25, 0.3) is 0 Å². The zero-order valence-electron chi connectivity index (χ0n) is 11.6. The van der Waals surface area contributed by atoms with Crippen molar-refractivity contribution in [3.8, 4) is 11.1 Å². The van der Waals surface area contributed by atoms with Gasteiger partial charge in [-0.1, -0.05) is 24.3 Å². The summed E-state index contributed by atoms with van der Waals surface area (Å²) in [6.45, 7) is 0.481. The Morgan fingerprint density at radius 1 is 1.09 bits per heavy atom. The molecule has 2 aromatic carbocycles. The summed E-state index contributed by atoms with van der Waals surface area (Å²) < 4.78 is 33.8. The molecule has 3 nitrogen and oxygen atoms in total. The molecule has 4 rings (SSSR count). The molecule has 0 unspecified atom stereocenters. The molecule has 0 amide bonds. The molecule has 2 heterocycles. The van der Waals surface area contributed by atoms with Gasteiger partial charge in [-0.3, -0.25) is 0 Å². The van der Waals surface area contributed by atoms with Gasteiger partial charge in [-0.2, -0.15) is 0 Å². The van der Waals surface area contributed by atoms with E-state index in [2.05, 4.69) is 4.98 Å². The molecule has 112 valence electrons. The van der Waals surface area contributed by atoms with Crippen LogP contribution in [0.1, 0.15) is 5.56 Å². The van der Waals surface area contributed by atoms with E-state index in [1.165, 1.54) is 6.07 Å². The number of hydrogen-bond acceptors (Lipinski definition) is 2. The summed E-state index contributed by atoms with van der Waals surface area (Å²) in [5, 5.41) is 10.5. The largest absolute Gasteiger partial charge is 0.380 e. The Hall–Kier alpha value is -2.24. The van der Waals surface area contributed by atoms with Crippen molar-refractivity contribution in [3.05, 3.63) is 59.8 Å². The number of aliphatic hydroxyl groups is 1. The minimum absolute atomic E-state index is 0.0597. The standard InChI is InChI=1S/C17H13F2NO2/c18-13-7-14-12(5-6-20-14)16(19)15(13)10-1-3-11(4-2-10)17(21)8-22-9-17/h1-7,20-21H,8-9H2. The number of aromatic nitrogens is 1. The third-order valence-corrected chi connectivity index (χ3v) is 4.14. The summed E-state index contributed by atoms with van der Waals surface area (Å²) in [5.74, 6) is -1.21. The molecule has 0 atom stereocenters. The number of halogens is 2. The molecule has 0 radical (unpaired) electrons. The Balaban J connectivity index is 1.81. The third kappa shape index (κ3) is 1.86. The summed E-state index contributed by atoms with van der Waals surface area (Å²) in [6, 6.07) is 9.46. The van der Waals surface area contributed by atoms with Crippen molar-refractivity contribution >= 4 is 10.9 Å². The number of aromatic amines is 1. The number of hydrogen-bond donors (Lipinski definition) is 2. The Labute approximate surface area is 125 Å². The molecule has 0 saturated carbocycles. The summed E-state index contributed by atoms with van der Waals surface area (Å²) in [7, 11) is 0. The molecule has 5 heteroatoms. The van der Waals surface area contributed by atoms with Crippen LogP contribution in [0.5, 0.6) is 0 Å². The minimum Gasteiger partial charge on any atom is -0.380 e. The number of rotatable bonds is 2. The van der Waals surface area contributed by atoms with E-state index >= 15 is 0 Å². The Morgan fingerprint density at radius 3 is 2.45 bits per heavy atom. The molecular formula is C17H13F2NO2. The van der Waals surface area contributed by atoms with Gasteiger partial charge in [-0.25, -0.2) is 8.78 Å². The van der Waals surface area contributed by atoms with Crippen LogP contribution in [-0.2, 0) is 10.3 Å². The van der Waals surface area contributed by atoms with E-state index in [1.54, 1.807) is 36.5 Å². The highest BCUT2D eigenvalue weighted by Gasteiger charge is 2.37. The van der Waals surface area contributed by atoms with Crippen molar-refractivity contribution in [1.82, 2.24) is 4.98 Å². The first kappa shape index (κ1) is 13.4. The maximum atomic E-state index is 14.5. The fourth-order valence-corrected chi connectivity index (χ4v) is 2.81. The van der Waals surface area contributed by atoms with Gasteiger partial charge in [-0.05, 0) is 23.3 Å². The summed E-state index contributed by atoms with van der Waals surface area (Å²) in [6.07, 6.45) is 1.58. The molecule has 0 aliphatic carbocycles. The highest BCUT2D eigenvalue weighted by atomic mass is 19.1. The van der Waals surface area contributed by atoms with Crippen LogP contribution < -0.4 is 0 Å². The predicted octanol–water partition coefficient (Wildman–Crippen LogP) is 3.33. The van der Waals surface area contributed by atoms with Crippen molar-refractivity contribution in [2.75, 3.05) is 13.2 Å². The molecule has 1 aliphatic heterocycles. The first-order valence-electron chi connectivity index (χ1n) is 6.95. The smallest absolute Gasteiger partial charge is 0.143 e. The molecular weight excluding hydrogens is 288 g/mol. The summed E-state index contributed by atoms with van der Waals surface area (Å²) in [5.41, 5.74) is 0.503. The molecule has 1 saturated heterocycles. The van der Waals surface area contributed by atoms with Crippen molar-refractivity contribution < 1.29 is 18.6 Å². The Bertz CT molecular complexity index is 851. The van der Waals surface area contributed by atoms with E-state index in [9.17, 15) is 13.9 Å². The van der Waals surface area contributed by atoms with Gasteiger partial charge < -0.3 is 14.8 Å². The van der Waals surface area contributed by atoms with Crippen LogP contribution in [-0.4, -0.2) is 23.3 Å². The average molecular weight is 301 g/mol. The lowest BCUT2D eigenvalue weighted by Gasteiger charge is -2.36. The van der Waals surface area contributed by atoms with Crippen molar-refractivity contribution in [2.45, 2.75) is 5.60 Å². The first-order chi connectivity index (χ1) is 10.6. The number of fused-ring (bicyclic) bond motifs is 1. The molecule has 1 aromatic heterocycles. The zero-order valence-corrected chi connectivity index (χ0v) is 11.6. The summed E-state index contributed by atoms with van der Waals surface area (Å²) in [4.78, 5) is 2.80. The monoisotopic (exact) mass is 301 g/mol. The highest BCUT2D eigenvalue weighted by Crippen LogP contribution is 2.34. The van der Waals surface area contributed by atoms with E-state index in [1.807, 2.05) is 0 Å². The second-order valence-electron chi connectivity index (χ2n) is 5.59. The maximum absolute atomic E-state index is 14.5. The van der Waals surface area contributed by atoms with Crippen LogP contribution in [0.3, 0.4) is 0 Å². The van der Waals surface area contributed by atoms with E-state index in [-0.39, 0.29) is 18.8 Å². The molecule has 2 N–H and O–H groups in total. The molecule has 1 aliphatic rings. The molecule has 22 heavy (non-hydrogen) atoms. The van der Waals surface area contributed by atoms with E-state index < -0.39 is 17.2 Å². The Kier molecular flexibility index (Phi) is 2.82. The molecule has 3 aromatic rings. The number of benzene rings is 2. The number of H-pyrrole nitrogens is 1. The fraction of sp³-hybridized carbons (Fsp3) is 0.176. The van der Waals surface area contributed by atoms with Crippen LogP contribution in [0.25, 0.3) is 22.0 Å². The van der Waals surface area contributed by atoms with Crippen LogP contribution in [0.4, 0.5) is 8.78 Å². The number of nitrogens with one attached hydrogen (secondary N) is 1. The third-order valence-electron chi connectivity index (χ3n) is 4.14. The van der Waals surface area contributed by atoms with Crippen molar-refractivity contribution in [3.63, 3.8) is 0 Å². The van der Waals surface area contributed by atoms with Gasteiger partial charge in [0.05, 0.1) is 24.3 Å². The molecule has 0 spiro atoms. The number of ether oxygens (including phenoxy) is 1. The SMILES string of the molecule is OC1(c2ccc(-c3c(F)cc4[nH]ccc4c3F)cc2)COC1. The maximum Gasteiger partial charge on any atom is 0.143 e. The average Bonchev–Trinajstić information content (AvgIpc) is 2.94. The van der Waals surface area contributed by atoms with Gasteiger partial charge >= 0.3 is 0 Å². The lowest BCUT2D eigenvalue weighted by atomic mass is 9.90. The van der Waals surface area contributed by atoms with Crippen LogP contribution in [0, 0.1) is 11.6 Å². The lowest BCUT2D eigenvalue weighted by molar-refractivity contribution is -0.184.